The van der Waals surface area contributed by atoms with Crippen molar-refractivity contribution in [3.05, 3.63) is 121 Å². The lowest BCUT2D eigenvalue weighted by Crippen LogP contribution is -2.31. The van der Waals surface area contributed by atoms with Gasteiger partial charge in [-0.3, -0.25) is 14.6 Å². The fraction of sp³-hybridized carbons (Fsp3) is 0.0882. The first-order chi connectivity index (χ1) is 21.6. The van der Waals surface area contributed by atoms with Crippen LogP contribution in [0.3, 0.4) is 0 Å². The second-order valence-electron chi connectivity index (χ2n) is 10.3. The first kappa shape index (κ1) is 27.0. The van der Waals surface area contributed by atoms with Gasteiger partial charge in [0.15, 0.2) is 5.69 Å². The summed E-state index contributed by atoms with van der Waals surface area (Å²) in [6.07, 6.45) is 5.53. The molecule has 0 atom stereocenters. The third kappa shape index (κ3) is 4.92. The molecule has 44 heavy (non-hydrogen) atoms. The van der Waals surface area contributed by atoms with Gasteiger partial charge < -0.3 is 15.6 Å². The second-order valence-corrected chi connectivity index (χ2v) is 10.3. The number of fused-ring (bicyclic) bond motifs is 4. The molecule has 0 saturated heterocycles. The zero-order valence-electron chi connectivity index (χ0n) is 23.4. The van der Waals surface area contributed by atoms with E-state index in [1.807, 2.05) is 54.6 Å². The van der Waals surface area contributed by atoms with Crippen molar-refractivity contribution in [3.63, 3.8) is 0 Å². The van der Waals surface area contributed by atoms with Gasteiger partial charge in [0, 0.05) is 59.1 Å². The highest BCUT2D eigenvalue weighted by atomic mass is 19.1. The van der Waals surface area contributed by atoms with Crippen LogP contribution in [0, 0.1) is 5.82 Å². The topological polar surface area (TPSA) is 117 Å². The molecule has 0 bridgehead atoms. The number of carbonyl (C=O) groups excluding carboxylic acids is 2. The Morgan fingerprint density at radius 1 is 0.773 bits per heavy atom. The van der Waals surface area contributed by atoms with E-state index in [0.717, 1.165) is 38.5 Å². The number of carbonyl (C=O) groups is 2. The Morgan fingerprint density at radius 3 is 2.36 bits per heavy atom. The molecule has 2 aromatic carbocycles. The average Bonchev–Trinajstić information content (AvgIpc) is 3.64. The third-order valence-electron chi connectivity index (χ3n) is 7.54. The molecule has 9 nitrogen and oxygen atoms in total. The molecule has 0 saturated carbocycles. The van der Waals surface area contributed by atoms with E-state index in [0.29, 0.717) is 42.1 Å². The van der Waals surface area contributed by atoms with Crippen LogP contribution in [0.4, 0.5) is 4.39 Å². The largest absolute Gasteiger partial charge is 0.353 e. The number of amides is 2. The molecular formula is C34H26FN7O2. The normalized spacial score (nSPS) is 11.3. The van der Waals surface area contributed by atoms with E-state index in [1.165, 1.54) is 12.1 Å². The minimum absolute atomic E-state index is 0.285. The van der Waals surface area contributed by atoms with Gasteiger partial charge in [0.25, 0.3) is 11.8 Å². The Kier molecular flexibility index (Phi) is 6.99. The van der Waals surface area contributed by atoms with Gasteiger partial charge in [-0.25, -0.2) is 13.9 Å². The molecule has 10 heteroatoms. The number of rotatable bonds is 8. The fourth-order valence-electron chi connectivity index (χ4n) is 5.47. The number of benzene rings is 2. The maximum atomic E-state index is 13.7. The zero-order chi connectivity index (χ0) is 30.0. The second kappa shape index (κ2) is 11.4. The number of aromatic amines is 1. The monoisotopic (exact) mass is 583 g/mol. The average molecular weight is 584 g/mol. The van der Waals surface area contributed by atoms with Gasteiger partial charge in [-0.2, -0.15) is 5.10 Å². The number of halogens is 1. The number of pyridine rings is 3. The summed E-state index contributed by atoms with van der Waals surface area (Å²) in [5, 5.41) is 12.6. The van der Waals surface area contributed by atoms with Crippen LogP contribution < -0.4 is 10.6 Å². The molecule has 0 unspecified atom stereocenters. The van der Waals surface area contributed by atoms with Crippen LogP contribution in [-0.4, -0.2) is 49.5 Å². The third-order valence-corrected chi connectivity index (χ3v) is 7.54. The molecule has 216 valence electrons. The first-order valence-electron chi connectivity index (χ1n) is 14.2. The van der Waals surface area contributed by atoms with Crippen LogP contribution in [0.2, 0.25) is 0 Å². The van der Waals surface area contributed by atoms with Crippen molar-refractivity contribution < 1.29 is 14.0 Å². The summed E-state index contributed by atoms with van der Waals surface area (Å²) in [5.74, 6) is -0.932. The van der Waals surface area contributed by atoms with Crippen molar-refractivity contribution in [2.45, 2.75) is 6.42 Å². The van der Waals surface area contributed by atoms with E-state index in [9.17, 15) is 14.0 Å². The van der Waals surface area contributed by atoms with Crippen LogP contribution in [0.1, 0.15) is 27.4 Å². The van der Waals surface area contributed by atoms with Crippen LogP contribution in [0.25, 0.3) is 49.7 Å². The molecule has 0 aliphatic rings. The Hall–Kier alpha value is -5.90. The van der Waals surface area contributed by atoms with Crippen molar-refractivity contribution in [2.75, 3.05) is 13.1 Å². The Bertz CT molecular complexity index is 2150. The number of nitrogens with one attached hydrogen (secondary N) is 3. The highest BCUT2D eigenvalue weighted by Gasteiger charge is 2.20. The quantitative estimate of drug-likeness (QED) is 0.196. The lowest BCUT2D eigenvalue weighted by atomic mass is 10.0. The zero-order valence-corrected chi connectivity index (χ0v) is 23.4. The van der Waals surface area contributed by atoms with Crippen LogP contribution in [-0.2, 0) is 0 Å². The van der Waals surface area contributed by atoms with Gasteiger partial charge in [-0.05, 0) is 72.6 Å². The number of aromatic nitrogens is 5. The van der Waals surface area contributed by atoms with E-state index in [-0.39, 0.29) is 17.6 Å². The molecule has 7 rings (SSSR count). The minimum Gasteiger partial charge on any atom is -0.353 e. The fourth-order valence-corrected chi connectivity index (χ4v) is 5.47. The first-order valence-corrected chi connectivity index (χ1v) is 14.2. The van der Waals surface area contributed by atoms with Gasteiger partial charge in [0.1, 0.15) is 17.2 Å². The van der Waals surface area contributed by atoms with Crippen molar-refractivity contribution in [2.24, 2.45) is 0 Å². The lowest BCUT2D eigenvalue weighted by Gasteiger charge is -2.08. The van der Waals surface area contributed by atoms with Gasteiger partial charge in [-0.15, -0.1) is 0 Å². The molecule has 7 aromatic rings. The summed E-state index contributed by atoms with van der Waals surface area (Å²) < 4.78 is 15.3. The van der Waals surface area contributed by atoms with Crippen molar-refractivity contribution in [1.29, 1.82) is 0 Å². The van der Waals surface area contributed by atoms with E-state index in [1.54, 1.807) is 41.3 Å². The van der Waals surface area contributed by atoms with E-state index in [4.69, 9.17) is 5.10 Å². The predicted molar refractivity (Wildman–Crippen MR) is 167 cm³/mol. The summed E-state index contributed by atoms with van der Waals surface area (Å²) in [6.45, 7) is 0.688. The SMILES string of the molecule is O=C(NCCCNC(=O)c1cccc2c(-c3ccncc3)c(-c3ccc(F)cc3)nn12)c1nccc2c1[nH]c1ccccc12. The van der Waals surface area contributed by atoms with Gasteiger partial charge in [0.2, 0.25) is 0 Å². The smallest absolute Gasteiger partial charge is 0.272 e. The van der Waals surface area contributed by atoms with Crippen molar-refractivity contribution in [3.8, 4) is 22.4 Å². The maximum Gasteiger partial charge on any atom is 0.272 e. The summed E-state index contributed by atoms with van der Waals surface area (Å²) in [6, 6.07) is 25.0. The number of hydrogen-bond acceptors (Lipinski definition) is 5. The predicted octanol–water partition coefficient (Wildman–Crippen LogP) is 5.78. The van der Waals surface area contributed by atoms with Crippen LogP contribution >= 0.6 is 0 Å². The number of para-hydroxylation sites is 1. The Labute approximate surface area is 250 Å². The molecular weight excluding hydrogens is 557 g/mol. The number of H-pyrrole nitrogens is 1. The molecule has 0 spiro atoms. The molecule has 0 fully saturated rings. The van der Waals surface area contributed by atoms with E-state index in [2.05, 4.69) is 25.6 Å². The van der Waals surface area contributed by atoms with Crippen LogP contribution in [0.5, 0.6) is 0 Å². The standard InChI is InChI=1S/C34H26FN7O2/c35-23-11-9-22(10-12-23)30-29(21-13-18-36-19-14-21)27-7-3-8-28(42(27)41-30)33(43)38-16-4-17-39-34(44)32-31-25(15-20-37-32)24-5-1-2-6-26(24)40-31/h1-3,5-15,18-20,40H,4,16-17H2,(H,38,43)(H,39,44). The summed E-state index contributed by atoms with van der Waals surface area (Å²) in [7, 11) is 0. The maximum absolute atomic E-state index is 13.7. The van der Waals surface area contributed by atoms with Gasteiger partial charge in [0.05, 0.1) is 11.0 Å². The number of hydrogen-bond donors (Lipinski definition) is 3. The van der Waals surface area contributed by atoms with E-state index < -0.39 is 0 Å². The van der Waals surface area contributed by atoms with E-state index >= 15 is 0 Å². The minimum atomic E-state index is -0.342. The molecule has 0 aliphatic carbocycles. The number of nitrogens with zero attached hydrogens (tertiary/aromatic N) is 4. The molecule has 5 heterocycles. The molecule has 3 N–H and O–H groups in total. The highest BCUT2D eigenvalue weighted by Crippen LogP contribution is 2.35. The molecule has 0 radical (unpaired) electrons. The van der Waals surface area contributed by atoms with Crippen molar-refractivity contribution >= 4 is 39.1 Å². The molecule has 0 aliphatic heterocycles. The van der Waals surface area contributed by atoms with Gasteiger partial charge in [-0.1, -0.05) is 24.3 Å². The molecule has 5 aromatic heterocycles. The summed E-state index contributed by atoms with van der Waals surface area (Å²) >= 11 is 0. The lowest BCUT2D eigenvalue weighted by molar-refractivity contribution is 0.0945. The highest BCUT2D eigenvalue weighted by molar-refractivity contribution is 6.13. The Morgan fingerprint density at radius 2 is 1.55 bits per heavy atom. The van der Waals surface area contributed by atoms with Crippen molar-refractivity contribution in [1.82, 2.24) is 35.2 Å². The van der Waals surface area contributed by atoms with Gasteiger partial charge >= 0.3 is 0 Å². The summed E-state index contributed by atoms with van der Waals surface area (Å²) in [5.41, 5.74) is 6.08. The Balaban J connectivity index is 1.06. The molecule has 2 amide bonds. The summed E-state index contributed by atoms with van der Waals surface area (Å²) in [4.78, 5) is 38.0. The van der Waals surface area contributed by atoms with Crippen LogP contribution in [0.15, 0.2) is 104 Å².